The Labute approximate surface area is 99.9 Å². The van der Waals surface area contributed by atoms with E-state index in [0.717, 1.165) is 31.1 Å². The number of hydrogen-bond donors (Lipinski definition) is 2. The predicted octanol–water partition coefficient (Wildman–Crippen LogP) is 0.735. The molecule has 0 heterocycles. The van der Waals surface area contributed by atoms with Crippen LogP contribution in [0.5, 0.6) is 0 Å². The normalized spacial score (nSPS) is 12.1. The van der Waals surface area contributed by atoms with Gasteiger partial charge in [0.1, 0.15) is 6.04 Å². The molecule has 0 aromatic heterocycles. The fraction of sp³-hybridized carbons (Fsp3) is 0.800. The van der Waals surface area contributed by atoms with Gasteiger partial charge in [-0.15, -0.1) is 0 Å². The third-order valence-electron chi connectivity index (χ3n) is 1.90. The summed E-state index contributed by atoms with van der Waals surface area (Å²) in [6.45, 7) is 3.43. The molecule has 5 nitrogen and oxygen atoms in total. The van der Waals surface area contributed by atoms with E-state index in [9.17, 15) is 9.59 Å². The molecule has 0 saturated carbocycles. The molecule has 0 aliphatic rings. The van der Waals surface area contributed by atoms with E-state index in [4.69, 9.17) is 9.84 Å². The van der Waals surface area contributed by atoms with Gasteiger partial charge in [0, 0.05) is 13.2 Å². The van der Waals surface area contributed by atoms with Gasteiger partial charge in [0.15, 0.2) is 0 Å². The first-order valence-corrected chi connectivity index (χ1v) is 6.45. The molecule has 0 aromatic rings. The van der Waals surface area contributed by atoms with Crippen LogP contribution in [0.4, 0.5) is 0 Å². The number of carbonyl (C=O) groups excluding carboxylic acids is 1. The Morgan fingerprint density at radius 1 is 1.56 bits per heavy atom. The summed E-state index contributed by atoms with van der Waals surface area (Å²) in [6, 6.07) is -0.767. The largest absolute Gasteiger partial charge is 0.480 e. The molecule has 1 amide bonds. The Balaban J connectivity index is 3.40. The number of carboxylic acids is 1. The van der Waals surface area contributed by atoms with Gasteiger partial charge in [0.2, 0.25) is 6.41 Å². The van der Waals surface area contributed by atoms with E-state index in [-0.39, 0.29) is 0 Å². The van der Waals surface area contributed by atoms with Gasteiger partial charge in [-0.3, -0.25) is 4.79 Å². The maximum atomic E-state index is 10.6. The lowest BCUT2D eigenvalue weighted by molar-refractivity contribution is -0.140. The van der Waals surface area contributed by atoms with E-state index in [2.05, 4.69) is 5.32 Å². The molecule has 0 spiro atoms. The number of carbonyl (C=O) groups is 2. The van der Waals surface area contributed by atoms with E-state index in [1.165, 1.54) is 0 Å². The molecule has 0 radical (unpaired) electrons. The molecule has 0 saturated heterocycles. The second-order valence-corrected chi connectivity index (χ2v) is 4.35. The molecule has 16 heavy (non-hydrogen) atoms. The number of amides is 1. The zero-order chi connectivity index (χ0) is 12.2. The molecule has 0 aliphatic carbocycles. The standard InChI is InChI=1S/C10H19NO4S/c1-2-15-5-3-6-16-7-4-9(10(13)14)11-8-12/h8-9H,2-7H2,1H3,(H,11,12)(H,13,14). The van der Waals surface area contributed by atoms with Gasteiger partial charge in [0.05, 0.1) is 0 Å². The molecular formula is C10H19NO4S. The Morgan fingerprint density at radius 2 is 2.31 bits per heavy atom. The highest BCUT2D eigenvalue weighted by atomic mass is 32.2. The highest BCUT2D eigenvalue weighted by Crippen LogP contribution is 2.06. The molecule has 2 N–H and O–H groups in total. The number of aliphatic carboxylic acids is 1. The zero-order valence-electron chi connectivity index (χ0n) is 9.48. The average Bonchev–Trinajstić information content (AvgIpc) is 2.26. The van der Waals surface area contributed by atoms with Crippen molar-refractivity contribution in [3.05, 3.63) is 0 Å². The highest BCUT2D eigenvalue weighted by molar-refractivity contribution is 7.99. The number of thioether (sulfide) groups is 1. The number of carboxylic acid groups (broad SMARTS) is 1. The van der Waals surface area contributed by atoms with Crippen molar-refractivity contribution in [3.8, 4) is 0 Å². The number of rotatable bonds is 11. The van der Waals surface area contributed by atoms with Crippen molar-refractivity contribution in [2.75, 3.05) is 24.7 Å². The molecule has 0 aliphatic heterocycles. The lowest BCUT2D eigenvalue weighted by atomic mass is 10.2. The molecule has 0 aromatic carbocycles. The third kappa shape index (κ3) is 8.55. The van der Waals surface area contributed by atoms with Crippen LogP contribution in [-0.2, 0) is 14.3 Å². The maximum absolute atomic E-state index is 10.6. The Morgan fingerprint density at radius 3 is 2.88 bits per heavy atom. The van der Waals surface area contributed by atoms with Crippen LogP contribution in [0.25, 0.3) is 0 Å². The second-order valence-electron chi connectivity index (χ2n) is 3.13. The fourth-order valence-corrected chi connectivity index (χ4v) is 2.00. The summed E-state index contributed by atoms with van der Waals surface area (Å²) in [5.41, 5.74) is 0. The number of hydrogen-bond acceptors (Lipinski definition) is 4. The minimum atomic E-state index is -0.984. The Hall–Kier alpha value is -0.750. The van der Waals surface area contributed by atoms with Crippen LogP contribution < -0.4 is 5.32 Å². The van der Waals surface area contributed by atoms with E-state index in [1.807, 2.05) is 6.92 Å². The number of ether oxygens (including phenoxy) is 1. The SMILES string of the molecule is CCOCCCSCCC(NC=O)C(=O)O. The van der Waals surface area contributed by atoms with Gasteiger partial charge in [-0.25, -0.2) is 4.79 Å². The Bertz CT molecular complexity index is 201. The van der Waals surface area contributed by atoms with Crippen molar-refractivity contribution in [1.29, 1.82) is 0 Å². The van der Waals surface area contributed by atoms with E-state index < -0.39 is 12.0 Å². The van der Waals surface area contributed by atoms with Gasteiger partial charge in [0.25, 0.3) is 0 Å². The van der Waals surface area contributed by atoms with Crippen molar-refractivity contribution < 1.29 is 19.4 Å². The van der Waals surface area contributed by atoms with Crippen molar-refractivity contribution in [2.24, 2.45) is 0 Å². The molecule has 1 unspecified atom stereocenters. The van der Waals surface area contributed by atoms with Gasteiger partial charge < -0.3 is 15.2 Å². The van der Waals surface area contributed by atoms with Gasteiger partial charge in [-0.1, -0.05) is 0 Å². The summed E-state index contributed by atoms with van der Waals surface area (Å²) < 4.78 is 5.17. The zero-order valence-corrected chi connectivity index (χ0v) is 10.3. The summed E-state index contributed by atoms with van der Waals surface area (Å²) in [6.07, 6.45) is 1.85. The quantitative estimate of drug-likeness (QED) is 0.417. The van der Waals surface area contributed by atoms with Crippen LogP contribution >= 0.6 is 11.8 Å². The van der Waals surface area contributed by atoms with Crippen molar-refractivity contribution in [2.45, 2.75) is 25.8 Å². The molecule has 94 valence electrons. The smallest absolute Gasteiger partial charge is 0.326 e. The minimum Gasteiger partial charge on any atom is -0.480 e. The van der Waals surface area contributed by atoms with Gasteiger partial charge in [-0.05, 0) is 31.3 Å². The second kappa shape index (κ2) is 10.8. The van der Waals surface area contributed by atoms with Crippen LogP contribution in [0.3, 0.4) is 0 Å². The monoisotopic (exact) mass is 249 g/mol. The van der Waals surface area contributed by atoms with E-state index in [0.29, 0.717) is 12.8 Å². The third-order valence-corrected chi connectivity index (χ3v) is 3.00. The summed E-state index contributed by atoms with van der Waals surface area (Å²) in [5.74, 6) is 0.694. The topological polar surface area (TPSA) is 75.6 Å². The lowest BCUT2D eigenvalue weighted by Gasteiger charge is -2.10. The molecule has 1 atom stereocenters. The van der Waals surface area contributed by atoms with Crippen LogP contribution in [-0.4, -0.2) is 48.2 Å². The van der Waals surface area contributed by atoms with Crippen molar-refractivity contribution >= 4 is 24.1 Å². The summed E-state index contributed by atoms with van der Waals surface area (Å²) >= 11 is 1.68. The summed E-state index contributed by atoms with van der Waals surface area (Å²) in [5, 5.41) is 11.0. The Kier molecular flexibility index (Phi) is 10.3. The first-order valence-electron chi connectivity index (χ1n) is 5.30. The van der Waals surface area contributed by atoms with Crippen molar-refractivity contribution in [1.82, 2.24) is 5.32 Å². The highest BCUT2D eigenvalue weighted by Gasteiger charge is 2.14. The van der Waals surface area contributed by atoms with E-state index in [1.54, 1.807) is 11.8 Å². The molecule has 0 rings (SSSR count). The fourth-order valence-electron chi connectivity index (χ4n) is 1.07. The maximum Gasteiger partial charge on any atom is 0.326 e. The lowest BCUT2D eigenvalue weighted by Crippen LogP contribution is -2.36. The average molecular weight is 249 g/mol. The van der Waals surface area contributed by atoms with Gasteiger partial charge >= 0.3 is 5.97 Å². The summed E-state index contributed by atoms with van der Waals surface area (Å²) in [4.78, 5) is 20.8. The van der Waals surface area contributed by atoms with E-state index >= 15 is 0 Å². The van der Waals surface area contributed by atoms with Crippen LogP contribution in [0.2, 0.25) is 0 Å². The first kappa shape index (κ1) is 15.2. The number of nitrogens with one attached hydrogen (secondary N) is 1. The molecule has 0 fully saturated rings. The van der Waals surface area contributed by atoms with Crippen LogP contribution in [0.15, 0.2) is 0 Å². The van der Waals surface area contributed by atoms with Gasteiger partial charge in [-0.2, -0.15) is 11.8 Å². The molecule has 0 bridgehead atoms. The molecular weight excluding hydrogens is 230 g/mol. The summed E-state index contributed by atoms with van der Waals surface area (Å²) in [7, 11) is 0. The van der Waals surface area contributed by atoms with Crippen LogP contribution in [0, 0.1) is 0 Å². The minimum absolute atomic E-state index is 0.429. The predicted molar refractivity (Wildman–Crippen MR) is 63.7 cm³/mol. The first-order chi connectivity index (χ1) is 7.72. The van der Waals surface area contributed by atoms with Crippen molar-refractivity contribution in [3.63, 3.8) is 0 Å². The van der Waals surface area contributed by atoms with Crippen LogP contribution in [0.1, 0.15) is 19.8 Å². The molecule has 6 heteroatoms.